The molecular formula is C12H13ClFN3OS. The largest absolute Gasteiger partial charge is 0.368 e. The van der Waals surface area contributed by atoms with Crippen LogP contribution in [0, 0.1) is 5.82 Å². The Bertz CT molecular complexity index is 526. The molecule has 7 heteroatoms. The lowest BCUT2D eigenvalue weighted by atomic mass is 10.2. The van der Waals surface area contributed by atoms with Gasteiger partial charge in [-0.15, -0.1) is 0 Å². The molecule has 1 atom stereocenters. The van der Waals surface area contributed by atoms with Gasteiger partial charge in [0.2, 0.25) is 5.91 Å². The summed E-state index contributed by atoms with van der Waals surface area (Å²) >= 11 is 10.9. The van der Waals surface area contributed by atoms with Crippen LogP contribution in [0.4, 0.5) is 10.1 Å². The Kier molecular flexibility index (Phi) is 4.21. The van der Waals surface area contributed by atoms with Crippen LogP contribution in [0.3, 0.4) is 0 Å². The SMILES string of the molecule is NC(=O)[C@@H]1CCCN1C(=S)Nc1ccc(F)c(Cl)c1. The zero-order chi connectivity index (χ0) is 14.0. The smallest absolute Gasteiger partial charge is 0.240 e. The Hall–Kier alpha value is -1.40. The quantitative estimate of drug-likeness (QED) is 0.822. The molecule has 3 N–H and O–H groups in total. The van der Waals surface area contributed by atoms with Crippen LogP contribution < -0.4 is 11.1 Å². The first-order chi connectivity index (χ1) is 8.99. The van der Waals surface area contributed by atoms with Crippen molar-refractivity contribution in [3.05, 3.63) is 29.0 Å². The number of hydrogen-bond donors (Lipinski definition) is 2. The number of benzene rings is 1. The Morgan fingerprint density at radius 2 is 2.32 bits per heavy atom. The summed E-state index contributed by atoms with van der Waals surface area (Å²) in [6, 6.07) is 3.85. The number of likely N-dealkylation sites (tertiary alicyclic amines) is 1. The van der Waals surface area contributed by atoms with E-state index in [4.69, 9.17) is 29.6 Å². The minimum Gasteiger partial charge on any atom is -0.368 e. The van der Waals surface area contributed by atoms with Gasteiger partial charge in [-0.25, -0.2) is 4.39 Å². The zero-order valence-electron chi connectivity index (χ0n) is 10.0. The van der Waals surface area contributed by atoms with E-state index in [0.29, 0.717) is 23.8 Å². The number of nitrogens with zero attached hydrogens (tertiary/aromatic N) is 1. The maximum Gasteiger partial charge on any atom is 0.240 e. The first-order valence-electron chi connectivity index (χ1n) is 5.81. The summed E-state index contributed by atoms with van der Waals surface area (Å²) in [5, 5.41) is 3.34. The number of nitrogens with two attached hydrogens (primary N) is 1. The van der Waals surface area contributed by atoms with Crippen LogP contribution in [0.25, 0.3) is 0 Å². The summed E-state index contributed by atoms with van der Waals surface area (Å²) in [7, 11) is 0. The molecule has 102 valence electrons. The lowest BCUT2D eigenvalue weighted by Crippen LogP contribution is -2.45. The van der Waals surface area contributed by atoms with Gasteiger partial charge in [0, 0.05) is 12.2 Å². The molecule has 1 heterocycles. The molecule has 1 fully saturated rings. The highest BCUT2D eigenvalue weighted by molar-refractivity contribution is 7.80. The van der Waals surface area contributed by atoms with Gasteiger partial charge in [-0.05, 0) is 43.3 Å². The number of nitrogens with one attached hydrogen (secondary N) is 1. The van der Waals surface area contributed by atoms with Crippen molar-refractivity contribution in [1.82, 2.24) is 4.90 Å². The van der Waals surface area contributed by atoms with Crippen LogP contribution in [0.5, 0.6) is 0 Å². The second kappa shape index (κ2) is 5.71. The molecule has 0 aromatic heterocycles. The molecule has 19 heavy (non-hydrogen) atoms. The van der Waals surface area contributed by atoms with E-state index in [1.807, 2.05) is 0 Å². The molecule has 1 aliphatic heterocycles. The van der Waals surface area contributed by atoms with Crippen LogP contribution in [0.1, 0.15) is 12.8 Å². The molecule has 0 bridgehead atoms. The average Bonchev–Trinajstić information content (AvgIpc) is 2.83. The number of primary amides is 1. The van der Waals surface area contributed by atoms with E-state index in [1.54, 1.807) is 4.90 Å². The van der Waals surface area contributed by atoms with Crippen molar-refractivity contribution >= 4 is 40.5 Å². The van der Waals surface area contributed by atoms with Gasteiger partial charge in [-0.3, -0.25) is 4.79 Å². The number of halogens is 2. The number of amides is 1. The first kappa shape index (κ1) is 14.0. The molecule has 1 aromatic rings. The molecule has 1 aromatic carbocycles. The molecule has 0 aliphatic carbocycles. The summed E-state index contributed by atoms with van der Waals surface area (Å²) in [5.74, 6) is -0.881. The molecule has 1 amide bonds. The van der Waals surface area contributed by atoms with Gasteiger partial charge in [-0.1, -0.05) is 11.6 Å². The lowest BCUT2D eigenvalue weighted by Gasteiger charge is -2.25. The number of rotatable bonds is 2. The van der Waals surface area contributed by atoms with Crippen molar-refractivity contribution in [2.75, 3.05) is 11.9 Å². The minimum absolute atomic E-state index is 0.0145. The molecule has 1 aliphatic rings. The monoisotopic (exact) mass is 301 g/mol. The van der Waals surface area contributed by atoms with Crippen LogP contribution >= 0.6 is 23.8 Å². The normalized spacial score (nSPS) is 18.4. The molecule has 4 nitrogen and oxygen atoms in total. The number of anilines is 1. The predicted octanol–water partition coefficient (Wildman–Crippen LogP) is 2.13. The van der Waals surface area contributed by atoms with Gasteiger partial charge in [0.25, 0.3) is 0 Å². The van der Waals surface area contributed by atoms with Crippen molar-refractivity contribution in [2.45, 2.75) is 18.9 Å². The van der Waals surface area contributed by atoms with Crippen LogP contribution in [-0.4, -0.2) is 28.5 Å². The second-order valence-electron chi connectivity index (χ2n) is 4.31. The van der Waals surface area contributed by atoms with Crippen molar-refractivity contribution in [3.8, 4) is 0 Å². The highest BCUT2D eigenvalue weighted by atomic mass is 35.5. The Morgan fingerprint density at radius 3 is 2.95 bits per heavy atom. The summed E-state index contributed by atoms with van der Waals surface area (Å²) in [5.41, 5.74) is 5.90. The molecule has 2 rings (SSSR count). The van der Waals surface area contributed by atoms with Gasteiger partial charge in [-0.2, -0.15) is 0 Å². The van der Waals surface area contributed by atoms with Gasteiger partial charge in [0.1, 0.15) is 11.9 Å². The minimum atomic E-state index is -0.491. The lowest BCUT2D eigenvalue weighted by molar-refractivity contribution is -0.121. The van der Waals surface area contributed by atoms with E-state index in [2.05, 4.69) is 5.32 Å². The maximum atomic E-state index is 13.0. The number of thiocarbonyl (C=S) groups is 1. The van der Waals surface area contributed by atoms with Gasteiger partial charge < -0.3 is 16.0 Å². The Labute approximate surface area is 120 Å². The average molecular weight is 302 g/mol. The van der Waals surface area contributed by atoms with E-state index in [9.17, 15) is 9.18 Å². The van der Waals surface area contributed by atoms with E-state index >= 15 is 0 Å². The topological polar surface area (TPSA) is 58.4 Å². The fourth-order valence-electron chi connectivity index (χ4n) is 2.07. The molecule has 0 spiro atoms. The van der Waals surface area contributed by atoms with Crippen LogP contribution in [0.2, 0.25) is 5.02 Å². The van der Waals surface area contributed by atoms with Crippen molar-refractivity contribution < 1.29 is 9.18 Å². The van der Waals surface area contributed by atoms with E-state index in [-0.39, 0.29) is 11.1 Å². The van der Waals surface area contributed by atoms with E-state index in [0.717, 1.165) is 6.42 Å². The molecule has 0 radical (unpaired) electrons. The fraction of sp³-hybridized carbons (Fsp3) is 0.333. The molecule has 0 saturated carbocycles. The maximum absolute atomic E-state index is 13.0. The summed E-state index contributed by atoms with van der Waals surface area (Å²) in [4.78, 5) is 13.0. The van der Waals surface area contributed by atoms with Crippen LogP contribution in [0.15, 0.2) is 18.2 Å². The third-order valence-corrected chi connectivity index (χ3v) is 3.64. The Balaban J connectivity index is 2.08. The van der Waals surface area contributed by atoms with E-state index < -0.39 is 11.7 Å². The van der Waals surface area contributed by atoms with Gasteiger partial charge >= 0.3 is 0 Å². The summed E-state index contributed by atoms with van der Waals surface area (Å²) < 4.78 is 13.0. The Morgan fingerprint density at radius 1 is 1.58 bits per heavy atom. The van der Waals surface area contributed by atoms with Crippen molar-refractivity contribution in [3.63, 3.8) is 0 Å². The summed E-state index contributed by atoms with van der Waals surface area (Å²) in [6.07, 6.45) is 1.56. The zero-order valence-corrected chi connectivity index (χ0v) is 11.6. The third-order valence-electron chi connectivity index (χ3n) is 3.01. The van der Waals surface area contributed by atoms with Gasteiger partial charge in [0.05, 0.1) is 5.02 Å². The second-order valence-corrected chi connectivity index (χ2v) is 5.11. The highest BCUT2D eigenvalue weighted by Crippen LogP contribution is 2.22. The molecule has 0 unspecified atom stereocenters. The first-order valence-corrected chi connectivity index (χ1v) is 6.59. The molecule has 1 saturated heterocycles. The fourth-order valence-corrected chi connectivity index (χ4v) is 2.59. The van der Waals surface area contributed by atoms with Crippen molar-refractivity contribution in [1.29, 1.82) is 0 Å². The molecular weight excluding hydrogens is 289 g/mol. The standard InChI is InChI=1S/C12H13ClFN3OS/c13-8-6-7(3-4-9(8)14)16-12(19)17-5-1-2-10(17)11(15)18/h3-4,6,10H,1-2,5H2,(H2,15,18)(H,16,19)/t10-/m0/s1. The number of carbonyl (C=O) groups excluding carboxylic acids is 1. The third kappa shape index (κ3) is 3.13. The number of hydrogen-bond acceptors (Lipinski definition) is 2. The van der Waals surface area contributed by atoms with Crippen molar-refractivity contribution in [2.24, 2.45) is 5.73 Å². The summed E-state index contributed by atoms with van der Waals surface area (Å²) in [6.45, 7) is 0.675. The predicted molar refractivity (Wildman–Crippen MR) is 76.6 cm³/mol. The van der Waals surface area contributed by atoms with Crippen LogP contribution in [-0.2, 0) is 4.79 Å². The van der Waals surface area contributed by atoms with E-state index in [1.165, 1.54) is 18.2 Å². The number of carbonyl (C=O) groups is 1. The van der Waals surface area contributed by atoms with Gasteiger partial charge in [0.15, 0.2) is 5.11 Å². The highest BCUT2D eigenvalue weighted by Gasteiger charge is 2.30.